The van der Waals surface area contributed by atoms with Gasteiger partial charge in [-0.3, -0.25) is 9.59 Å². The summed E-state index contributed by atoms with van der Waals surface area (Å²) < 4.78 is 32.9. The summed E-state index contributed by atoms with van der Waals surface area (Å²) in [5.74, 6) is -2.96. The number of Topliss-reactive ketones (excluding diaryl/α,β-unsaturated/α-hetero) is 1. The van der Waals surface area contributed by atoms with E-state index in [1.165, 1.54) is 19.1 Å². The Labute approximate surface area is 186 Å². The predicted molar refractivity (Wildman–Crippen MR) is 110 cm³/mol. The van der Waals surface area contributed by atoms with Gasteiger partial charge in [-0.15, -0.1) is 0 Å². The molecule has 0 aromatic rings. The number of oxime groups is 1. The zero-order valence-corrected chi connectivity index (χ0v) is 18.7. The van der Waals surface area contributed by atoms with Gasteiger partial charge in [-0.25, -0.2) is 8.78 Å². The van der Waals surface area contributed by atoms with Crippen LogP contribution in [0.2, 0.25) is 0 Å². The second-order valence-corrected chi connectivity index (χ2v) is 10.8. The number of aliphatic hydroxyl groups is 2. The first-order valence-electron chi connectivity index (χ1n) is 10.5. The van der Waals surface area contributed by atoms with Gasteiger partial charge in [0.05, 0.1) is 12.0 Å². The van der Waals surface area contributed by atoms with Crippen molar-refractivity contribution in [2.75, 3.05) is 6.61 Å². The third-order valence-corrected chi connectivity index (χ3v) is 9.67. The number of aliphatic hydroxyl groups excluding tert-OH is 2. The molecule has 5 aliphatic rings. The van der Waals surface area contributed by atoms with E-state index in [0.717, 1.165) is 6.08 Å². The molecule has 0 radical (unpaired) electrons. The lowest BCUT2D eigenvalue weighted by Crippen LogP contribution is -2.70. The minimum atomic E-state index is -2.23. The molecule has 3 saturated carbocycles. The number of rotatable bonds is 2. The Kier molecular flexibility index (Phi) is 4.36. The summed E-state index contributed by atoms with van der Waals surface area (Å²) in [4.78, 5) is 30.5. The minimum absolute atomic E-state index is 0.0553. The fraction of sp³-hybridized carbons (Fsp3) is 0.682. The average Bonchev–Trinajstić information content (AvgIpc) is 3.19. The van der Waals surface area contributed by atoms with Crippen LogP contribution in [0.1, 0.15) is 33.1 Å². The van der Waals surface area contributed by atoms with E-state index in [0.29, 0.717) is 11.0 Å². The van der Waals surface area contributed by atoms with Gasteiger partial charge in [-0.2, -0.15) is 0 Å². The molecule has 1 aliphatic heterocycles. The smallest absolute Gasteiger partial charge is 0.212 e. The van der Waals surface area contributed by atoms with E-state index < -0.39 is 70.3 Å². The van der Waals surface area contributed by atoms with Crippen LogP contribution in [-0.2, 0) is 14.4 Å². The Balaban J connectivity index is 1.68. The molecule has 9 atom stereocenters. The van der Waals surface area contributed by atoms with Crippen molar-refractivity contribution in [3.05, 3.63) is 23.8 Å². The normalized spacial score (nSPS) is 52.4. The topological polar surface area (TPSA) is 96.2 Å². The number of carbonyl (C=O) groups excluding carboxylic acids is 2. The van der Waals surface area contributed by atoms with Crippen molar-refractivity contribution in [1.82, 2.24) is 0 Å². The van der Waals surface area contributed by atoms with E-state index in [-0.39, 0.29) is 18.4 Å². The molecule has 9 heteroatoms. The molecular weight excluding hydrogens is 476 g/mol. The summed E-state index contributed by atoms with van der Waals surface area (Å²) in [5.41, 5.74) is -6.27. The number of nitrogens with zero attached hydrogens (tertiary/aromatic N) is 1. The molecule has 31 heavy (non-hydrogen) atoms. The Morgan fingerprint density at radius 1 is 1.35 bits per heavy atom. The number of fused-ring (bicyclic) bond motifs is 7. The van der Waals surface area contributed by atoms with E-state index >= 15 is 8.78 Å². The van der Waals surface area contributed by atoms with Crippen molar-refractivity contribution in [3.63, 3.8) is 0 Å². The molecule has 168 valence electrons. The first-order valence-corrected chi connectivity index (χ1v) is 11.3. The highest BCUT2D eigenvalue weighted by molar-refractivity contribution is 9.18. The summed E-state index contributed by atoms with van der Waals surface area (Å²) in [6.45, 7) is 2.50. The second-order valence-electron chi connectivity index (χ2n) is 9.97. The first kappa shape index (κ1) is 21.4. The number of halogens is 3. The number of hydrogen-bond donors (Lipinski definition) is 2. The maximum absolute atomic E-state index is 17.1. The summed E-state index contributed by atoms with van der Waals surface area (Å²) in [7, 11) is 0. The number of hydrogen-bond acceptors (Lipinski definition) is 6. The number of ketones is 2. The highest BCUT2D eigenvalue weighted by atomic mass is 79.9. The average molecular weight is 500 g/mol. The molecular formula is C22H24BrF2NO5. The van der Waals surface area contributed by atoms with Crippen LogP contribution in [0, 0.1) is 28.6 Å². The molecule has 5 rings (SSSR count). The van der Waals surface area contributed by atoms with E-state index in [1.807, 2.05) is 0 Å². The van der Waals surface area contributed by atoms with Crippen LogP contribution in [0.3, 0.4) is 0 Å². The highest BCUT2D eigenvalue weighted by Crippen LogP contribution is 2.72. The number of allylic oxidation sites excluding steroid dienone is 4. The van der Waals surface area contributed by atoms with Crippen molar-refractivity contribution in [2.45, 2.75) is 56.7 Å². The standard InChI is InChI=1S/C22H24BrF2NO5/c1-19-4-3-10(28)5-13(19)15(24)7-12-11-6-14-18(23)26-31-22(14,17(30)9-27)20(11,2)8-16(29)21(12,19)25/h3-5,11-12,14-16,27,29H,6-9H2,1-2H3/t11-,12-,14-,15?,16-,19-,20-,21-,22-/m0/s1. The summed E-state index contributed by atoms with van der Waals surface area (Å²) in [5, 5.41) is 24.9. The zero-order chi connectivity index (χ0) is 22.6. The van der Waals surface area contributed by atoms with Gasteiger partial charge in [-0.1, -0.05) is 18.2 Å². The quantitative estimate of drug-likeness (QED) is 0.608. The number of carbonyl (C=O) groups is 2. The summed E-state index contributed by atoms with van der Waals surface area (Å²) in [6.07, 6.45) is 0.647. The van der Waals surface area contributed by atoms with Gasteiger partial charge in [0, 0.05) is 16.7 Å². The molecule has 0 bridgehead atoms. The van der Waals surface area contributed by atoms with Crippen molar-refractivity contribution in [1.29, 1.82) is 0 Å². The third kappa shape index (κ3) is 2.20. The van der Waals surface area contributed by atoms with E-state index in [4.69, 9.17) is 4.84 Å². The monoisotopic (exact) mass is 499 g/mol. The molecule has 0 spiro atoms. The summed E-state index contributed by atoms with van der Waals surface area (Å²) in [6, 6.07) is 0. The van der Waals surface area contributed by atoms with Crippen LogP contribution in [0.4, 0.5) is 8.78 Å². The maximum atomic E-state index is 17.1. The fourth-order valence-corrected chi connectivity index (χ4v) is 8.11. The summed E-state index contributed by atoms with van der Waals surface area (Å²) >= 11 is 3.34. The molecule has 2 N–H and O–H groups in total. The van der Waals surface area contributed by atoms with Crippen LogP contribution >= 0.6 is 15.9 Å². The van der Waals surface area contributed by atoms with Crippen LogP contribution in [0.15, 0.2) is 29.0 Å². The predicted octanol–water partition coefficient (Wildman–Crippen LogP) is 2.57. The Bertz CT molecular complexity index is 983. The molecule has 1 heterocycles. The molecule has 1 unspecified atom stereocenters. The molecule has 3 fully saturated rings. The molecule has 0 aromatic heterocycles. The van der Waals surface area contributed by atoms with Crippen LogP contribution in [-0.4, -0.2) is 56.6 Å². The lowest BCUT2D eigenvalue weighted by Gasteiger charge is -2.62. The number of alkyl halides is 2. The SMILES string of the molecule is C[C@]12C=CC(=O)C=C1C(F)C[C@H]1[C@@H]3C[C@H]4C(Br)=NO[C@@]4(C(=O)CO)[C@@]3(C)C[C@H](O)[C@@]12F. The largest absolute Gasteiger partial charge is 0.390 e. The van der Waals surface area contributed by atoms with Gasteiger partial charge in [0.1, 0.15) is 17.4 Å². The van der Waals surface area contributed by atoms with Crippen molar-refractivity contribution in [3.8, 4) is 0 Å². The van der Waals surface area contributed by atoms with Gasteiger partial charge < -0.3 is 15.1 Å². The second kappa shape index (κ2) is 6.32. The molecule has 6 nitrogen and oxygen atoms in total. The van der Waals surface area contributed by atoms with E-state index in [2.05, 4.69) is 21.1 Å². The fourth-order valence-electron chi connectivity index (χ4n) is 7.53. The van der Waals surface area contributed by atoms with Gasteiger partial charge in [0.25, 0.3) is 0 Å². The first-order chi connectivity index (χ1) is 14.5. The highest BCUT2D eigenvalue weighted by Gasteiger charge is 2.80. The molecule has 0 amide bonds. The van der Waals surface area contributed by atoms with Gasteiger partial charge in [-0.05, 0) is 65.8 Å². The zero-order valence-electron chi connectivity index (χ0n) is 17.1. The van der Waals surface area contributed by atoms with Crippen molar-refractivity contribution >= 4 is 32.1 Å². The molecule has 4 aliphatic carbocycles. The van der Waals surface area contributed by atoms with Gasteiger partial charge in [0.15, 0.2) is 11.5 Å². The van der Waals surface area contributed by atoms with Gasteiger partial charge >= 0.3 is 0 Å². The van der Waals surface area contributed by atoms with E-state index in [1.54, 1.807) is 6.92 Å². The Morgan fingerprint density at radius 3 is 2.74 bits per heavy atom. The minimum Gasteiger partial charge on any atom is -0.390 e. The molecule has 0 saturated heterocycles. The van der Waals surface area contributed by atoms with Crippen LogP contribution in [0.25, 0.3) is 0 Å². The van der Waals surface area contributed by atoms with Crippen molar-refractivity contribution < 1.29 is 33.4 Å². The van der Waals surface area contributed by atoms with Crippen molar-refractivity contribution in [2.24, 2.45) is 33.7 Å². The van der Waals surface area contributed by atoms with Crippen LogP contribution < -0.4 is 0 Å². The lowest BCUT2D eigenvalue weighted by atomic mass is 9.44. The lowest BCUT2D eigenvalue weighted by molar-refractivity contribution is -0.229. The van der Waals surface area contributed by atoms with Crippen LogP contribution in [0.5, 0.6) is 0 Å². The Hall–Kier alpha value is -1.45. The Morgan fingerprint density at radius 2 is 2.06 bits per heavy atom. The van der Waals surface area contributed by atoms with Gasteiger partial charge in [0.2, 0.25) is 11.4 Å². The third-order valence-electron chi connectivity index (χ3n) is 8.97. The molecule has 0 aromatic carbocycles. The van der Waals surface area contributed by atoms with E-state index in [9.17, 15) is 19.8 Å². The maximum Gasteiger partial charge on any atom is 0.212 e.